The van der Waals surface area contributed by atoms with Crippen molar-refractivity contribution in [3.63, 3.8) is 0 Å². The molecule has 0 saturated carbocycles. The molecular formula is C20H22N2O2S. The SMILES string of the molecule is CCOc1ccc(C(=O)N(Cc2cccs2)Cc2cccn2C)cc1. The lowest BCUT2D eigenvalue weighted by Gasteiger charge is -2.23. The van der Waals surface area contributed by atoms with Crippen LogP contribution in [-0.2, 0) is 20.1 Å². The number of hydrogen-bond acceptors (Lipinski definition) is 3. The van der Waals surface area contributed by atoms with E-state index in [-0.39, 0.29) is 5.91 Å². The summed E-state index contributed by atoms with van der Waals surface area (Å²) in [5.74, 6) is 0.809. The van der Waals surface area contributed by atoms with E-state index in [0.29, 0.717) is 25.3 Å². The summed E-state index contributed by atoms with van der Waals surface area (Å²) in [7, 11) is 2.00. The average molecular weight is 354 g/mol. The van der Waals surface area contributed by atoms with Crippen LogP contribution in [0.25, 0.3) is 0 Å². The van der Waals surface area contributed by atoms with E-state index in [1.165, 1.54) is 4.88 Å². The molecule has 0 radical (unpaired) electrons. The van der Waals surface area contributed by atoms with Crippen LogP contribution < -0.4 is 4.74 Å². The second-order valence-corrected chi connectivity index (χ2v) is 6.84. The Labute approximate surface area is 152 Å². The fraction of sp³-hybridized carbons (Fsp3) is 0.250. The molecule has 0 atom stereocenters. The van der Waals surface area contributed by atoms with Gasteiger partial charge in [-0.25, -0.2) is 0 Å². The van der Waals surface area contributed by atoms with Crippen LogP contribution in [0.4, 0.5) is 0 Å². The maximum absolute atomic E-state index is 13.1. The Morgan fingerprint density at radius 2 is 1.92 bits per heavy atom. The number of hydrogen-bond donors (Lipinski definition) is 0. The van der Waals surface area contributed by atoms with Crippen molar-refractivity contribution in [1.29, 1.82) is 0 Å². The van der Waals surface area contributed by atoms with Gasteiger partial charge in [0.05, 0.1) is 19.7 Å². The summed E-state index contributed by atoms with van der Waals surface area (Å²) in [6, 6.07) is 15.5. The van der Waals surface area contributed by atoms with Crippen LogP contribution >= 0.6 is 11.3 Å². The number of aryl methyl sites for hydroxylation is 1. The average Bonchev–Trinajstić information content (AvgIpc) is 3.27. The van der Waals surface area contributed by atoms with Gasteiger partial charge in [0.1, 0.15) is 5.75 Å². The highest BCUT2D eigenvalue weighted by molar-refractivity contribution is 7.09. The molecule has 25 heavy (non-hydrogen) atoms. The molecule has 130 valence electrons. The summed E-state index contributed by atoms with van der Waals surface area (Å²) in [5.41, 5.74) is 1.78. The van der Waals surface area contributed by atoms with Crippen LogP contribution in [0.5, 0.6) is 5.75 Å². The molecule has 0 N–H and O–H groups in total. The lowest BCUT2D eigenvalue weighted by atomic mass is 10.2. The smallest absolute Gasteiger partial charge is 0.254 e. The number of thiophene rings is 1. The third-order valence-electron chi connectivity index (χ3n) is 4.03. The minimum absolute atomic E-state index is 0.0256. The Kier molecular flexibility index (Phi) is 5.56. The topological polar surface area (TPSA) is 34.5 Å². The molecule has 0 aliphatic carbocycles. The van der Waals surface area contributed by atoms with Crippen molar-refractivity contribution in [3.05, 3.63) is 76.2 Å². The third kappa shape index (κ3) is 4.31. The van der Waals surface area contributed by atoms with E-state index in [0.717, 1.165) is 11.4 Å². The van der Waals surface area contributed by atoms with E-state index in [1.807, 2.05) is 77.5 Å². The zero-order valence-corrected chi connectivity index (χ0v) is 15.3. The summed E-state index contributed by atoms with van der Waals surface area (Å²) >= 11 is 1.67. The Balaban J connectivity index is 1.81. The monoisotopic (exact) mass is 354 g/mol. The number of rotatable bonds is 7. The van der Waals surface area contributed by atoms with Gasteiger partial charge in [-0.3, -0.25) is 4.79 Å². The summed E-state index contributed by atoms with van der Waals surface area (Å²) < 4.78 is 7.51. The molecule has 2 heterocycles. The minimum atomic E-state index is 0.0256. The van der Waals surface area contributed by atoms with Gasteiger partial charge >= 0.3 is 0 Å². The van der Waals surface area contributed by atoms with Crippen molar-refractivity contribution >= 4 is 17.2 Å². The van der Waals surface area contributed by atoms with E-state index >= 15 is 0 Å². The maximum Gasteiger partial charge on any atom is 0.254 e. The van der Waals surface area contributed by atoms with E-state index in [1.54, 1.807) is 11.3 Å². The number of carbonyl (C=O) groups excluding carboxylic acids is 1. The summed E-state index contributed by atoms with van der Waals surface area (Å²) in [4.78, 5) is 16.1. The van der Waals surface area contributed by atoms with E-state index in [4.69, 9.17) is 4.74 Å². The van der Waals surface area contributed by atoms with Gasteiger partial charge in [0.2, 0.25) is 0 Å². The molecule has 1 amide bonds. The summed E-state index contributed by atoms with van der Waals surface area (Å²) in [6.07, 6.45) is 2.00. The Morgan fingerprint density at radius 1 is 1.12 bits per heavy atom. The van der Waals surface area contributed by atoms with Gasteiger partial charge < -0.3 is 14.2 Å². The molecule has 0 bridgehead atoms. The summed E-state index contributed by atoms with van der Waals surface area (Å²) in [6.45, 7) is 3.75. The lowest BCUT2D eigenvalue weighted by Crippen LogP contribution is -2.30. The first-order valence-electron chi connectivity index (χ1n) is 8.32. The highest BCUT2D eigenvalue weighted by atomic mass is 32.1. The Bertz CT molecular complexity index is 807. The molecule has 0 fully saturated rings. The Hall–Kier alpha value is -2.53. The predicted molar refractivity (Wildman–Crippen MR) is 101 cm³/mol. The molecule has 4 nitrogen and oxygen atoms in total. The van der Waals surface area contributed by atoms with Crippen LogP contribution in [0.3, 0.4) is 0 Å². The third-order valence-corrected chi connectivity index (χ3v) is 4.89. The van der Waals surface area contributed by atoms with Gasteiger partial charge in [-0.15, -0.1) is 11.3 Å². The number of aromatic nitrogens is 1. The molecule has 0 saturated heterocycles. The first-order chi connectivity index (χ1) is 12.2. The zero-order valence-electron chi connectivity index (χ0n) is 14.5. The largest absolute Gasteiger partial charge is 0.494 e. The second kappa shape index (κ2) is 8.03. The summed E-state index contributed by atoms with van der Waals surface area (Å²) in [5, 5.41) is 2.04. The highest BCUT2D eigenvalue weighted by Gasteiger charge is 2.18. The number of nitrogens with zero attached hydrogens (tertiary/aromatic N) is 2. The van der Waals surface area contributed by atoms with Crippen molar-refractivity contribution in [2.24, 2.45) is 7.05 Å². The van der Waals surface area contributed by atoms with Crippen molar-refractivity contribution in [1.82, 2.24) is 9.47 Å². The van der Waals surface area contributed by atoms with Crippen molar-refractivity contribution in [2.75, 3.05) is 6.61 Å². The molecule has 5 heteroatoms. The van der Waals surface area contributed by atoms with Gasteiger partial charge in [-0.2, -0.15) is 0 Å². The Morgan fingerprint density at radius 3 is 2.52 bits per heavy atom. The number of benzene rings is 1. The number of amides is 1. The first-order valence-corrected chi connectivity index (χ1v) is 9.20. The molecule has 0 aliphatic rings. The maximum atomic E-state index is 13.1. The molecule has 2 aromatic heterocycles. The molecule has 3 aromatic rings. The van der Waals surface area contributed by atoms with Gasteiger partial charge in [0, 0.05) is 29.4 Å². The molecule has 3 rings (SSSR count). The van der Waals surface area contributed by atoms with Crippen LogP contribution in [-0.4, -0.2) is 22.0 Å². The van der Waals surface area contributed by atoms with Crippen molar-refractivity contribution in [3.8, 4) is 5.75 Å². The van der Waals surface area contributed by atoms with E-state index in [9.17, 15) is 4.79 Å². The highest BCUT2D eigenvalue weighted by Crippen LogP contribution is 2.19. The first kappa shape index (κ1) is 17.3. The lowest BCUT2D eigenvalue weighted by molar-refractivity contribution is 0.0728. The van der Waals surface area contributed by atoms with Crippen molar-refractivity contribution in [2.45, 2.75) is 20.0 Å². The van der Waals surface area contributed by atoms with Crippen LogP contribution in [0, 0.1) is 0 Å². The minimum Gasteiger partial charge on any atom is -0.494 e. The molecule has 1 aromatic carbocycles. The normalized spacial score (nSPS) is 10.6. The molecule has 0 spiro atoms. The van der Waals surface area contributed by atoms with Gasteiger partial charge in [0.15, 0.2) is 0 Å². The van der Waals surface area contributed by atoms with Gasteiger partial charge in [-0.1, -0.05) is 6.07 Å². The van der Waals surface area contributed by atoms with Gasteiger partial charge in [0.25, 0.3) is 5.91 Å². The van der Waals surface area contributed by atoms with Crippen LogP contribution in [0.15, 0.2) is 60.1 Å². The molecule has 0 aliphatic heterocycles. The number of carbonyl (C=O) groups is 1. The fourth-order valence-electron chi connectivity index (χ4n) is 2.69. The second-order valence-electron chi connectivity index (χ2n) is 5.81. The van der Waals surface area contributed by atoms with Crippen LogP contribution in [0.1, 0.15) is 27.9 Å². The number of ether oxygens (including phenoxy) is 1. The quantitative estimate of drug-likeness (QED) is 0.633. The van der Waals surface area contributed by atoms with E-state index in [2.05, 4.69) is 6.07 Å². The van der Waals surface area contributed by atoms with E-state index < -0.39 is 0 Å². The molecular weight excluding hydrogens is 332 g/mol. The van der Waals surface area contributed by atoms with Crippen LogP contribution in [0.2, 0.25) is 0 Å². The van der Waals surface area contributed by atoms with Gasteiger partial charge in [-0.05, 0) is 54.8 Å². The van der Waals surface area contributed by atoms with Crippen molar-refractivity contribution < 1.29 is 9.53 Å². The predicted octanol–water partition coefficient (Wildman–Crippen LogP) is 4.33. The standard InChI is InChI=1S/C20H22N2O2S/c1-3-24-18-10-8-16(9-11-18)20(23)22(15-19-7-5-13-25-19)14-17-6-4-12-21(17)2/h4-13H,3,14-15H2,1-2H3. The zero-order chi connectivity index (χ0) is 17.6. The molecule has 0 unspecified atom stereocenters. The fourth-order valence-corrected chi connectivity index (χ4v) is 3.41.